The normalized spacial score (nSPS) is 10.6. The second kappa shape index (κ2) is 9.85. The SMILES string of the molecule is CC(=O)c1c(C)[nH]c(C(=O)OCC(=O)Nc2ccccc2Sc2ccc(Cl)cc2)c1C. The number of aryl methyl sites for hydroxylation is 1. The molecule has 1 heterocycles. The predicted octanol–water partition coefficient (Wildman–Crippen LogP) is 5.43. The van der Waals surface area contributed by atoms with E-state index in [4.69, 9.17) is 16.3 Å². The third-order valence-electron chi connectivity index (χ3n) is 4.53. The molecule has 0 spiro atoms. The van der Waals surface area contributed by atoms with Gasteiger partial charge in [0.1, 0.15) is 5.69 Å². The summed E-state index contributed by atoms with van der Waals surface area (Å²) in [7, 11) is 0. The number of ketones is 1. The number of carbonyl (C=O) groups is 3. The minimum absolute atomic E-state index is 0.141. The number of anilines is 1. The van der Waals surface area contributed by atoms with Crippen molar-refractivity contribution >= 4 is 46.7 Å². The number of rotatable bonds is 7. The molecule has 2 N–H and O–H groups in total. The zero-order valence-corrected chi connectivity index (χ0v) is 18.8. The fourth-order valence-corrected chi connectivity index (χ4v) is 4.19. The number of H-pyrrole nitrogens is 1. The minimum atomic E-state index is -0.688. The highest BCUT2D eigenvalue weighted by molar-refractivity contribution is 7.99. The molecule has 2 aromatic carbocycles. The van der Waals surface area contributed by atoms with Crippen molar-refractivity contribution in [1.29, 1.82) is 0 Å². The highest BCUT2D eigenvalue weighted by Gasteiger charge is 2.21. The number of amides is 1. The van der Waals surface area contributed by atoms with Crippen LogP contribution in [-0.4, -0.2) is 29.3 Å². The summed E-state index contributed by atoms with van der Waals surface area (Å²) in [5.74, 6) is -1.30. The van der Waals surface area contributed by atoms with Gasteiger partial charge in [0.25, 0.3) is 5.91 Å². The molecule has 0 bridgehead atoms. The first-order valence-electron chi connectivity index (χ1n) is 9.45. The predicted molar refractivity (Wildman–Crippen MR) is 121 cm³/mol. The summed E-state index contributed by atoms with van der Waals surface area (Å²) in [5.41, 5.74) is 2.35. The lowest BCUT2D eigenvalue weighted by atomic mass is 10.1. The molecular weight excluding hydrogens is 436 g/mol. The molecule has 0 radical (unpaired) electrons. The molecule has 6 nitrogen and oxygen atoms in total. The molecule has 0 aliphatic carbocycles. The molecule has 0 saturated heterocycles. The summed E-state index contributed by atoms with van der Waals surface area (Å²) in [6, 6.07) is 14.7. The summed E-state index contributed by atoms with van der Waals surface area (Å²) in [6.45, 7) is 4.36. The van der Waals surface area contributed by atoms with E-state index in [9.17, 15) is 14.4 Å². The topological polar surface area (TPSA) is 88.3 Å². The van der Waals surface area contributed by atoms with Crippen LogP contribution in [0.1, 0.15) is 39.0 Å². The van der Waals surface area contributed by atoms with Gasteiger partial charge < -0.3 is 15.0 Å². The first-order chi connectivity index (χ1) is 14.8. The molecule has 3 rings (SSSR count). The summed E-state index contributed by atoms with van der Waals surface area (Å²) in [4.78, 5) is 41.2. The summed E-state index contributed by atoms with van der Waals surface area (Å²) in [6.07, 6.45) is 0. The number of hydrogen-bond acceptors (Lipinski definition) is 5. The van der Waals surface area contributed by atoms with E-state index in [0.29, 0.717) is 27.5 Å². The van der Waals surface area contributed by atoms with E-state index in [1.165, 1.54) is 18.7 Å². The number of aromatic nitrogens is 1. The van der Waals surface area contributed by atoms with Gasteiger partial charge in [0.05, 0.1) is 5.69 Å². The first-order valence-corrected chi connectivity index (χ1v) is 10.6. The Morgan fingerprint density at radius 2 is 1.74 bits per heavy atom. The second-order valence-electron chi connectivity index (χ2n) is 6.86. The smallest absolute Gasteiger partial charge is 0.355 e. The number of hydrogen-bond donors (Lipinski definition) is 2. The van der Waals surface area contributed by atoms with Crippen molar-refractivity contribution < 1.29 is 19.1 Å². The van der Waals surface area contributed by atoms with Crippen LogP contribution in [0.2, 0.25) is 5.02 Å². The van der Waals surface area contributed by atoms with E-state index in [0.717, 1.165) is 9.79 Å². The van der Waals surface area contributed by atoms with Crippen LogP contribution in [0.15, 0.2) is 58.3 Å². The maximum atomic E-state index is 12.4. The van der Waals surface area contributed by atoms with Crippen molar-refractivity contribution in [2.24, 2.45) is 0 Å². The fourth-order valence-electron chi connectivity index (χ4n) is 3.16. The number of carbonyl (C=O) groups excluding carboxylic acids is 3. The van der Waals surface area contributed by atoms with Crippen LogP contribution in [0.25, 0.3) is 0 Å². The zero-order chi connectivity index (χ0) is 22.5. The third kappa shape index (κ3) is 5.57. The fraction of sp³-hybridized carbons (Fsp3) is 0.174. The third-order valence-corrected chi connectivity index (χ3v) is 5.87. The average molecular weight is 457 g/mol. The van der Waals surface area contributed by atoms with Gasteiger partial charge in [-0.05, 0) is 62.7 Å². The summed E-state index contributed by atoms with van der Waals surface area (Å²) in [5, 5.41) is 3.42. The highest BCUT2D eigenvalue weighted by Crippen LogP contribution is 2.33. The summed E-state index contributed by atoms with van der Waals surface area (Å²) >= 11 is 7.40. The maximum absolute atomic E-state index is 12.4. The number of halogens is 1. The second-order valence-corrected chi connectivity index (χ2v) is 8.41. The molecule has 8 heteroatoms. The van der Waals surface area contributed by atoms with Gasteiger partial charge in [0.15, 0.2) is 12.4 Å². The van der Waals surface area contributed by atoms with Crippen molar-refractivity contribution in [3.8, 4) is 0 Å². The molecule has 0 unspecified atom stereocenters. The largest absolute Gasteiger partial charge is 0.451 e. The van der Waals surface area contributed by atoms with E-state index in [1.807, 2.05) is 30.3 Å². The van der Waals surface area contributed by atoms with Gasteiger partial charge in [0.2, 0.25) is 0 Å². The number of benzene rings is 2. The van der Waals surface area contributed by atoms with Crippen LogP contribution in [0, 0.1) is 13.8 Å². The van der Waals surface area contributed by atoms with E-state index in [-0.39, 0.29) is 11.5 Å². The van der Waals surface area contributed by atoms with E-state index in [2.05, 4.69) is 10.3 Å². The quantitative estimate of drug-likeness (QED) is 0.365. The van der Waals surface area contributed by atoms with Crippen LogP contribution in [-0.2, 0) is 9.53 Å². The van der Waals surface area contributed by atoms with Crippen molar-refractivity contribution in [1.82, 2.24) is 4.98 Å². The molecule has 0 saturated carbocycles. The molecule has 1 aromatic heterocycles. The molecule has 160 valence electrons. The van der Waals surface area contributed by atoms with Gasteiger partial charge in [-0.1, -0.05) is 35.5 Å². The Morgan fingerprint density at radius 3 is 2.39 bits per heavy atom. The number of nitrogens with one attached hydrogen (secondary N) is 2. The standard InChI is InChI=1S/C23H21ClN2O4S/c1-13-21(15(3)27)14(2)25-22(13)23(29)30-12-20(28)26-18-6-4-5-7-19(18)31-17-10-8-16(24)9-11-17/h4-11,25H,12H2,1-3H3,(H,26,28). The molecule has 0 aliphatic rings. The van der Waals surface area contributed by atoms with Crippen molar-refractivity contribution in [2.75, 3.05) is 11.9 Å². The molecule has 0 aliphatic heterocycles. The lowest BCUT2D eigenvalue weighted by Gasteiger charge is -2.11. The average Bonchev–Trinajstić information content (AvgIpc) is 3.03. The molecular formula is C23H21ClN2O4S. The number of ether oxygens (including phenoxy) is 1. The number of esters is 1. The van der Waals surface area contributed by atoms with E-state index < -0.39 is 18.5 Å². The lowest BCUT2D eigenvalue weighted by Crippen LogP contribution is -2.21. The van der Waals surface area contributed by atoms with Gasteiger partial charge in [-0.25, -0.2) is 4.79 Å². The Kier molecular flexibility index (Phi) is 7.20. The molecule has 0 atom stereocenters. The van der Waals surface area contributed by atoms with Crippen LogP contribution >= 0.6 is 23.4 Å². The van der Waals surface area contributed by atoms with Gasteiger partial charge in [-0.15, -0.1) is 0 Å². The van der Waals surface area contributed by atoms with Crippen molar-refractivity contribution in [3.05, 3.63) is 76.1 Å². The Morgan fingerprint density at radius 1 is 1.06 bits per heavy atom. The first kappa shape index (κ1) is 22.7. The number of aromatic amines is 1. The van der Waals surface area contributed by atoms with E-state index >= 15 is 0 Å². The lowest BCUT2D eigenvalue weighted by molar-refractivity contribution is -0.119. The number of Topliss-reactive ketones (excluding diaryl/α,β-unsaturated/α-hetero) is 1. The van der Waals surface area contributed by atoms with Gasteiger partial charge in [0, 0.05) is 26.1 Å². The van der Waals surface area contributed by atoms with Crippen LogP contribution in [0.5, 0.6) is 0 Å². The van der Waals surface area contributed by atoms with E-state index in [1.54, 1.807) is 32.0 Å². The van der Waals surface area contributed by atoms with Crippen LogP contribution < -0.4 is 5.32 Å². The van der Waals surface area contributed by atoms with Gasteiger partial charge in [-0.3, -0.25) is 9.59 Å². The molecule has 0 fully saturated rings. The molecule has 1 amide bonds. The van der Waals surface area contributed by atoms with Crippen LogP contribution in [0.4, 0.5) is 5.69 Å². The highest BCUT2D eigenvalue weighted by atomic mass is 35.5. The zero-order valence-electron chi connectivity index (χ0n) is 17.2. The monoisotopic (exact) mass is 456 g/mol. The van der Waals surface area contributed by atoms with Gasteiger partial charge >= 0.3 is 5.97 Å². The number of para-hydroxylation sites is 1. The minimum Gasteiger partial charge on any atom is -0.451 e. The Hall–Kier alpha value is -3.03. The Labute approximate surface area is 189 Å². The van der Waals surface area contributed by atoms with Gasteiger partial charge in [-0.2, -0.15) is 0 Å². The van der Waals surface area contributed by atoms with Crippen LogP contribution in [0.3, 0.4) is 0 Å². The Bertz CT molecular complexity index is 1140. The van der Waals surface area contributed by atoms with Crippen molar-refractivity contribution in [2.45, 2.75) is 30.6 Å². The molecule has 3 aromatic rings. The van der Waals surface area contributed by atoms with Crippen molar-refractivity contribution in [3.63, 3.8) is 0 Å². The maximum Gasteiger partial charge on any atom is 0.355 e. The Balaban J connectivity index is 1.64. The molecule has 31 heavy (non-hydrogen) atoms. The summed E-state index contributed by atoms with van der Waals surface area (Å²) < 4.78 is 5.15.